The molecule has 0 bridgehead atoms. The third-order valence-electron chi connectivity index (χ3n) is 1.99. The van der Waals surface area contributed by atoms with Crippen molar-refractivity contribution in [3.05, 3.63) is 23.6 Å². The van der Waals surface area contributed by atoms with Crippen molar-refractivity contribution >= 4 is 11.1 Å². The van der Waals surface area contributed by atoms with E-state index in [0.717, 1.165) is 0 Å². The Morgan fingerprint density at radius 2 is 2.29 bits per heavy atom. The summed E-state index contributed by atoms with van der Waals surface area (Å²) in [7, 11) is 0. The number of oxazole rings is 1. The molecule has 74 valence electrons. The molecule has 0 saturated carbocycles. The molecule has 5 heteroatoms. The molecule has 2 aromatic rings. The molecule has 0 aliphatic carbocycles. The van der Waals surface area contributed by atoms with Gasteiger partial charge >= 0.3 is 0 Å². The molecule has 0 unspecified atom stereocenters. The van der Waals surface area contributed by atoms with Gasteiger partial charge < -0.3 is 14.7 Å². The van der Waals surface area contributed by atoms with Crippen LogP contribution in [-0.4, -0.2) is 15.3 Å². The minimum atomic E-state index is 0.0182. The highest BCUT2D eigenvalue weighted by atomic mass is 16.5. The monoisotopic (exact) mass is 194 g/mol. The first kappa shape index (κ1) is 8.98. The molecule has 0 aliphatic rings. The summed E-state index contributed by atoms with van der Waals surface area (Å²) in [6.45, 7) is 1.88. The van der Waals surface area contributed by atoms with E-state index < -0.39 is 0 Å². The van der Waals surface area contributed by atoms with Crippen molar-refractivity contribution in [2.75, 3.05) is 0 Å². The Bertz CT molecular complexity index is 464. The molecule has 0 saturated heterocycles. The van der Waals surface area contributed by atoms with E-state index in [9.17, 15) is 5.11 Å². The summed E-state index contributed by atoms with van der Waals surface area (Å²) in [6, 6.07) is 3.42. The number of aromatic hydroxyl groups is 1. The largest absolute Gasteiger partial charge is 0.504 e. The lowest BCUT2D eigenvalue weighted by Crippen LogP contribution is -2.05. The molecule has 2 rings (SSSR count). The maximum atomic E-state index is 9.71. The van der Waals surface area contributed by atoms with Crippen molar-refractivity contribution in [3.8, 4) is 5.75 Å². The number of hydroxylamine groups is 1. The standard InChI is InChI=1S/C9H10N2O3/c1-5-11-7-3-2-6(4-10-13)8(12)9(7)14-5/h2-3,10,12-13H,4H2,1H3. The number of aromatic nitrogens is 1. The van der Waals surface area contributed by atoms with Crippen LogP contribution in [0.25, 0.3) is 11.1 Å². The third-order valence-corrected chi connectivity index (χ3v) is 1.99. The average Bonchev–Trinajstić information content (AvgIpc) is 2.52. The van der Waals surface area contributed by atoms with Crippen molar-refractivity contribution in [1.82, 2.24) is 10.5 Å². The number of aryl methyl sites for hydroxylation is 1. The topological polar surface area (TPSA) is 78.5 Å². The van der Waals surface area contributed by atoms with Gasteiger partial charge in [-0.25, -0.2) is 10.5 Å². The summed E-state index contributed by atoms with van der Waals surface area (Å²) in [6.07, 6.45) is 0. The molecule has 0 spiro atoms. The fraction of sp³-hybridized carbons (Fsp3) is 0.222. The zero-order chi connectivity index (χ0) is 10.1. The molecular formula is C9H10N2O3. The fourth-order valence-electron chi connectivity index (χ4n) is 1.36. The van der Waals surface area contributed by atoms with Gasteiger partial charge in [-0.15, -0.1) is 0 Å². The second-order valence-electron chi connectivity index (χ2n) is 2.99. The Labute approximate surface area is 79.9 Å². The van der Waals surface area contributed by atoms with E-state index in [1.54, 1.807) is 19.1 Å². The van der Waals surface area contributed by atoms with Crippen LogP contribution in [0.1, 0.15) is 11.5 Å². The Balaban J connectivity index is 2.61. The van der Waals surface area contributed by atoms with Gasteiger partial charge in [0.25, 0.3) is 0 Å². The van der Waals surface area contributed by atoms with Gasteiger partial charge in [-0.05, 0) is 6.07 Å². The van der Waals surface area contributed by atoms with Gasteiger partial charge in [0.05, 0.1) is 0 Å². The van der Waals surface area contributed by atoms with E-state index >= 15 is 0 Å². The summed E-state index contributed by atoms with van der Waals surface area (Å²) < 4.78 is 5.22. The predicted molar refractivity (Wildman–Crippen MR) is 49.0 cm³/mol. The molecule has 14 heavy (non-hydrogen) atoms. The maximum absolute atomic E-state index is 9.71. The summed E-state index contributed by atoms with van der Waals surface area (Å²) in [5, 5.41) is 18.2. The van der Waals surface area contributed by atoms with Crippen LogP contribution in [0, 0.1) is 6.92 Å². The van der Waals surface area contributed by atoms with Crippen LogP contribution in [0.5, 0.6) is 5.75 Å². The van der Waals surface area contributed by atoms with Gasteiger partial charge in [0.2, 0.25) is 0 Å². The van der Waals surface area contributed by atoms with Gasteiger partial charge in [-0.2, -0.15) is 0 Å². The van der Waals surface area contributed by atoms with E-state index in [1.807, 2.05) is 5.48 Å². The van der Waals surface area contributed by atoms with Crippen molar-refractivity contribution in [3.63, 3.8) is 0 Å². The number of benzene rings is 1. The van der Waals surface area contributed by atoms with E-state index in [0.29, 0.717) is 22.6 Å². The highest BCUT2D eigenvalue weighted by molar-refractivity contribution is 5.80. The fourth-order valence-corrected chi connectivity index (χ4v) is 1.36. The molecule has 0 amide bonds. The molecule has 0 radical (unpaired) electrons. The van der Waals surface area contributed by atoms with E-state index in [2.05, 4.69) is 4.98 Å². The molecule has 1 aromatic heterocycles. The van der Waals surface area contributed by atoms with Crippen molar-refractivity contribution < 1.29 is 14.7 Å². The summed E-state index contributed by atoms with van der Waals surface area (Å²) in [5.41, 5.74) is 3.51. The van der Waals surface area contributed by atoms with Gasteiger partial charge in [0.15, 0.2) is 17.2 Å². The van der Waals surface area contributed by atoms with Crippen LogP contribution in [0.3, 0.4) is 0 Å². The lowest BCUT2D eigenvalue weighted by atomic mass is 10.2. The van der Waals surface area contributed by atoms with Crippen molar-refractivity contribution in [2.24, 2.45) is 0 Å². The molecule has 0 fully saturated rings. The van der Waals surface area contributed by atoms with Crippen molar-refractivity contribution in [2.45, 2.75) is 13.5 Å². The lowest BCUT2D eigenvalue weighted by Gasteiger charge is -2.01. The first-order valence-electron chi connectivity index (χ1n) is 4.17. The molecule has 1 heterocycles. The Morgan fingerprint density at radius 1 is 1.50 bits per heavy atom. The molecule has 0 atom stereocenters. The Morgan fingerprint density at radius 3 is 3.00 bits per heavy atom. The number of nitrogens with zero attached hydrogens (tertiary/aromatic N) is 1. The number of nitrogens with one attached hydrogen (secondary N) is 1. The van der Waals surface area contributed by atoms with Crippen LogP contribution >= 0.6 is 0 Å². The first-order chi connectivity index (χ1) is 6.72. The van der Waals surface area contributed by atoms with Crippen molar-refractivity contribution in [1.29, 1.82) is 0 Å². The van der Waals surface area contributed by atoms with Crippen LogP contribution in [-0.2, 0) is 6.54 Å². The number of rotatable bonds is 2. The Hall–Kier alpha value is -1.59. The molecular weight excluding hydrogens is 184 g/mol. The zero-order valence-electron chi connectivity index (χ0n) is 7.61. The van der Waals surface area contributed by atoms with Crippen LogP contribution in [0.4, 0.5) is 0 Å². The Kier molecular flexibility index (Phi) is 2.11. The molecule has 1 aromatic carbocycles. The second-order valence-corrected chi connectivity index (χ2v) is 2.99. The van der Waals surface area contributed by atoms with Gasteiger partial charge in [-0.3, -0.25) is 0 Å². The first-order valence-corrected chi connectivity index (χ1v) is 4.17. The minimum Gasteiger partial charge on any atom is -0.504 e. The third kappa shape index (κ3) is 1.32. The number of phenols is 1. The van der Waals surface area contributed by atoms with Gasteiger partial charge in [-0.1, -0.05) is 6.07 Å². The number of fused-ring (bicyclic) bond motifs is 1. The highest BCUT2D eigenvalue weighted by Crippen LogP contribution is 2.28. The number of hydrogen-bond donors (Lipinski definition) is 3. The maximum Gasteiger partial charge on any atom is 0.196 e. The minimum absolute atomic E-state index is 0.0182. The lowest BCUT2D eigenvalue weighted by molar-refractivity contribution is 0.160. The smallest absolute Gasteiger partial charge is 0.196 e. The second kappa shape index (κ2) is 3.28. The quantitative estimate of drug-likeness (QED) is 0.628. The zero-order valence-corrected chi connectivity index (χ0v) is 7.61. The van der Waals surface area contributed by atoms with Gasteiger partial charge in [0, 0.05) is 19.0 Å². The van der Waals surface area contributed by atoms with Gasteiger partial charge in [0.1, 0.15) is 5.52 Å². The molecule has 0 aliphatic heterocycles. The van der Waals surface area contributed by atoms with E-state index in [-0.39, 0.29) is 12.3 Å². The summed E-state index contributed by atoms with van der Waals surface area (Å²) in [4.78, 5) is 4.07. The van der Waals surface area contributed by atoms with Crippen LogP contribution in [0.15, 0.2) is 16.5 Å². The van der Waals surface area contributed by atoms with E-state index in [1.165, 1.54) is 0 Å². The van der Waals surface area contributed by atoms with Crippen LogP contribution < -0.4 is 5.48 Å². The number of phenolic OH excluding ortho intramolecular Hbond substituents is 1. The normalized spacial score (nSPS) is 11.0. The highest BCUT2D eigenvalue weighted by Gasteiger charge is 2.10. The molecule has 5 nitrogen and oxygen atoms in total. The van der Waals surface area contributed by atoms with Crippen LogP contribution in [0.2, 0.25) is 0 Å². The number of hydrogen-bond acceptors (Lipinski definition) is 5. The van der Waals surface area contributed by atoms with E-state index in [4.69, 9.17) is 9.62 Å². The summed E-state index contributed by atoms with van der Waals surface area (Å²) in [5.74, 6) is 0.522. The summed E-state index contributed by atoms with van der Waals surface area (Å²) >= 11 is 0. The molecule has 3 N–H and O–H groups in total. The SMILES string of the molecule is Cc1nc2ccc(CNO)c(O)c2o1. The predicted octanol–water partition coefficient (Wildman–Crippen LogP) is 1.32. The average molecular weight is 194 g/mol.